The molecule has 0 fully saturated rings. The van der Waals surface area contributed by atoms with Crippen LogP contribution < -0.4 is 5.32 Å². The highest BCUT2D eigenvalue weighted by Crippen LogP contribution is 2.13. The van der Waals surface area contributed by atoms with Crippen molar-refractivity contribution in [3.63, 3.8) is 0 Å². The van der Waals surface area contributed by atoms with Crippen molar-refractivity contribution in [1.29, 1.82) is 0 Å². The Labute approximate surface area is 173 Å². The van der Waals surface area contributed by atoms with Gasteiger partial charge in [-0.3, -0.25) is 4.79 Å². The van der Waals surface area contributed by atoms with Gasteiger partial charge in [0.25, 0.3) is 0 Å². The van der Waals surface area contributed by atoms with Gasteiger partial charge in [0.05, 0.1) is 19.6 Å². The van der Waals surface area contributed by atoms with E-state index in [1.165, 1.54) is 38.5 Å². The van der Waals surface area contributed by atoms with Gasteiger partial charge in [-0.05, 0) is 25.7 Å². The number of unbranched alkanes of at least 4 members (excludes halogenated alkanes) is 8. The fourth-order valence-electron chi connectivity index (χ4n) is 3.12. The van der Waals surface area contributed by atoms with Gasteiger partial charge >= 0.3 is 12.1 Å². The van der Waals surface area contributed by atoms with Crippen LogP contribution in [-0.2, 0) is 14.3 Å². The number of carbonyl (C=O) groups is 2. The second-order valence-electron chi connectivity index (χ2n) is 7.96. The second-order valence-corrected chi connectivity index (χ2v) is 7.96. The lowest BCUT2D eigenvalue weighted by Crippen LogP contribution is -2.35. The highest BCUT2D eigenvalue weighted by atomic mass is 16.5. The summed E-state index contributed by atoms with van der Waals surface area (Å²) < 4.78 is 10.6. The number of carbonyl (C=O) groups excluding carboxylic acids is 2. The van der Waals surface area contributed by atoms with Crippen LogP contribution in [0.3, 0.4) is 0 Å². The molecule has 2 unspecified atom stereocenters. The minimum atomic E-state index is -0.446. The number of rotatable bonds is 18. The topological polar surface area (TPSA) is 64.6 Å². The molecule has 28 heavy (non-hydrogen) atoms. The van der Waals surface area contributed by atoms with Crippen molar-refractivity contribution in [2.24, 2.45) is 5.92 Å². The summed E-state index contributed by atoms with van der Waals surface area (Å²) in [6.45, 7) is 9.22. The second kappa shape index (κ2) is 19.1. The maximum atomic E-state index is 11.9. The quantitative estimate of drug-likeness (QED) is 0.214. The van der Waals surface area contributed by atoms with E-state index < -0.39 is 6.09 Å². The third kappa shape index (κ3) is 16.9. The summed E-state index contributed by atoms with van der Waals surface area (Å²) in [5, 5.41) is 2.72. The SMILES string of the molecule is CCCCCCCCCCOC(=O)CC(C)NC(=O)OCC(CC)CCCC. The van der Waals surface area contributed by atoms with Crippen LogP contribution in [0.25, 0.3) is 0 Å². The van der Waals surface area contributed by atoms with Crippen LogP contribution in [0.2, 0.25) is 0 Å². The summed E-state index contributed by atoms with van der Waals surface area (Å²) in [7, 11) is 0. The fourth-order valence-corrected chi connectivity index (χ4v) is 3.12. The van der Waals surface area contributed by atoms with Crippen LogP contribution >= 0.6 is 0 Å². The summed E-state index contributed by atoms with van der Waals surface area (Å²) in [4.78, 5) is 23.7. The lowest BCUT2D eigenvalue weighted by molar-refractivity contribution is -0.144. The molecule has 0 saturated heterocycles. The summed E-state index contributed by atoms with van der Waals surface area (Å²) in [6.07, 6.45) is 13.9. The average Bonchev–Trinajstić information content (AvgIpc) is 2.66. The number of hydrogen-bond donors (Lipinski definition) is 1. The first-order chi connectivity index (χ1) is 13.5. The molecule has 0 aliphatic rings. The molecule has 0 aromatic carbocycles. The molecule has 0 spiro atoms. The molecule has 1 amide bonds. The summed E-state index contributed by atoms with van der Waals surface area (Å²) in [5.41, 5.74) is 0. The number of amides is 1. The molecule has 1 N–H and O–H groups in total. The van der Waals surface area contributed by atoms with Gasteiger partial charge < -0.3 is 14.8 Å². The van der Waals surface area contributed by atoms with E-state index in [2.05, 4.69) is 26.1 Å². The Morgan fingerprint density at radius 2 is 1.43 bits per heavy atom. The van der Waals surface area contributed by atoms with Crippen LogP contribution in [0.15, 0.2) is 0 Å². The molecule has 0 heterocycles. The number of esters is 1. The van der Waals surface area contributed by atoms with E-state index in [0.29, 0.717) is 19.1 Å². The van der Waals surface area contributed by atoms with Crippen molar-refractivity contribution in [1.82, 2.24) is 5.32 Å². The van der Waals surface area contributed by atoms with E-state index in [9.17, 15) is 9.59 Å². The van der Waals surface area contributed by atoms with Crippen molar-refractivity contribution in [2.75, 3.05) is 13.2 Å². The smallest absolute Gasteiger partial charge is 0.407 e. The van der Waals surface area contributed by atoms with Crippen molar-refractivity contribution in [3.05, 3.63) is 0 Å². The molecule has 0 saturated carbocycles. The van der Waals surface area contributed by atoms with E-state index in [-0.39, 0.29) is 18.4 Å². The average molecular weight is 400 g/mol. The molecule has 0 aliphatic heterocycles. The molecule has 5 nitrogen and oxygen atoms in total. The first kappa shape index (κ1) is 26.7. The summed E-state index contributed by atoms with van der Waals surface area (Å²) >= 11 is 0. The molecule has 0 radical (unpaired) electrons. The largest absolute Gasteiger partial charge is 0.466 e. The zero-order valence-electron chi connectivity index (χ0n) is 18.9. The molecule has 166 valence electrons. The Kier molecular flexibility index (Phi) is 18.2. The highest BCUT2D eigenvalue weighted by Gasteiger charge is 2.15. The predicted molar refractivity (Wildman–Crippen MR) is 115 cm³/mol. The van der Waals surface area contributed by atoms with E-state index in [1.807, 2.05) is 0 Å². The van der Waals surface area contributed by atoms with Gasteiger partial charge in [-0.25, -0.2) is 4.79 Å². The van der Waals surface area contributed by atoms with E-state index in [1.54, 1.807) is 6.92 Å². The molecule has 0 aromatic heterocycles. The van der Waals surface area contributed by atoms with Gasteiger partial charge in [-0.1, -0.05) is 85.0 Å². The highest BCUT2D eigenvalue weighted by molar-refractivity contribution is 5.72. The van der Waals surface area contributed by atoms with Gasteiger partial charge in [0, 0.05) is 6.04 Å². The van der Waals surface area contributed by atoms with Crippen LogP contribution in [0.5, 0.6) is 0 Å². The summed E-state index contributed by atoms with van der Waals surface area (Å²) in [5.74, 6) is 0.155. The van der Waals surface area contributed by atoms with Gasteiger partial charge in [-0.2, -0.15) is 0 Å². The van der Waals surface area contributed by atoms with Crippen LogP contribution in [0.1, 0.15) is 111 Å². The number of hydrogen-bond acceptors (Lipinski definition) is 4. The normalized spacial score (nSPS) is 13.0. The van der Waals surface area contributed by atoms with Crippen molar-refractivity contribution >= 4 is 12.1 Å². The minimum absolute atomic E-state index is 0.180. The van der Waals surface area contributed by atoms with Gasteiger partial charge in [0.15, 0.2) is 0 Å². The van der Waals surface area contributed by atoms with E-state index in [4.69, 9.17) is 9.47 Å². The molecule has 0 aromatic rings. The molecule has 0 aliphatic carbocycles. The van der Waals surface area contributed by atoms with Crippen LogP contribution in [-0.4, -0.2) is 31.3 Å². The van der Waals surface area contributed by atoms with E-state index >= 15 is 0 Å². The molecule has 0 rings (SSSR count). The Hall–Kier alpha value is -1.26. The standard InChI is InChI=1S/C23H45NO4/c1-5-8-10-11-12-13-14-15-17-27-22(25)18-20(4)24-23(26)28-19-21(7-3)16-9-6-2/h20-21H,5-19H2,1-4H3,(H,24,26). The zero-order chi connectivity index (χ0) is 21.0. The molecule has 2 atom stereocenters. The first-order valence-electron chi connectivity index (χ1n) is 11.6. The first-order valence-corrected chi connectivity index (χ1v) is 11.6. The molecular formula is C23H45NO4. The van der Waals surface area contributed by atoms with Crippen LogP contribution in [0, 0.1) is 5.92 Å². The summed E-state index contributed by atoms with van der Waals surface area (Å²) in [6, 6.07) is -0.283. The molecule has 5 heteroatoms. The number of nitrogens with one attached hydrogen (secondary N) is 1. The van der Waals surface area contributed by atoms with Gasteiger partial charge in [0.1, 0.15) is 0 Å². The molecule has 0 bridgehead atoms. The maximum Gasteiger partial charge on any atom is 0.407 e. The monoisotopic (exact) mass is 399 g/mol. The van der Waals surface area contributed by atoms with Crippen molar-refractivity contribution in [3.8, 4) is 0 Å². The van der Waals surface area contributed by atoms with Gasteiger partial charge in [0.2, 0.25) is 0 Å². The molecular weight excluding hydrogens is 354 g/mol. The lowest BCUT2D eigenvalue weighted by atomic mass is 10.0. The van der Waals surface area contributed by atoms with Crippen LogP contribution in [0.4, 0.5) is 4.79 Å². The Bertz CT molecular complexity index is 387. The lowest BCUT2D eigenvalue weighted by Gasteiger charge is -2.17. The van der Waals surface area contributed by atoms with Crippen molar-refractivity contribution < 1.29 is 19.1 Å². The third-order valence-electron chi connectivity index (χ3n) is 5.09. The third-order valence-corrected chi connectivity index (χ3v) is 5.09. The predicted octanol–water partition coefficient (Wildman–Crippen LogP) is 6.39. The van der Waals surface area contributed by atoms with E-state index in [0.717, 1.165) is 38.5 Å². The van der Waals surface area contributed by atoms with Gasteiger partial charge in [-0.15, -0.1) is 0 Å². The fraction of sp³-hybridized carbons (Fsp3) is 0.913. The Balaban J connectivity index is 3.69. The number of ether oxygens (including phenoxy) is 2. The Morgan fingerprint density at radius 1 is 0.821 bits per heavy atom. The minimum Gasteiger partial charge on any atom is -0.466 e. The van der Waals surface area contributed by atoms with Crippen molar-refractivity contribution in [2.45, 2.75) is 117 Å². The zero-order valence-corrected chi connectivity index (χ0v) is 18.9. The number of alkyl carbamates (subject to hydrolysis) is 1. The maximum absolute atomic E-state index is 11.9. The Morgan fingerprint density at radius 3 is 2.04 bits per heavy atom.